The van der Waals surface area contributed by atoms with Crippen molar-refractivity contribution in [2.75, 3.05) is 32.7 Å². The Morgan fingerprint density at radius 3 is 2.48 bits per heavy atom. The van der Waals surface area contributed by atoms with Crippen molar-refractivity contribution in [1.29, 1.82) is 0 Å². The normalized spacial score (nSPS) is 20.0. The zero-order valence-electron chi connectivity index (χ0n) is 13.7. The van der Waals surface area contributed by atoms with Crippen LogP contribution in [0.3, 0.4) is 0 Å². The Balaban J connectivity index is 1.21. The van der Waals surface area contributed by atoms with Crippen LogP contribution in [-0.2, 0) is 13.0 Å². The van der Waals surface area contributed by atoms with Crippen LogP contribution in [0.4, 0.5) is 0 Å². The predicted octanol–water partition coefficient (Wildman–Crippen LogP) is 3.38. The lowest BCUT2D eigenvalue weighted by Crippen LogP contribution is -2.46. The average Bonchev–Trinajstić information content (AvgIpc) is 3.35. The van der Waals surface area contributed by atoms with Crippen molar-refractivity contribution in [3.05, 3.63) is 52.0 Å². The summed E-state index contributed by atoms with van der Waals surface area (Å²) in [5.41, 5.74) is 2.74. The van der Waals surface area contributed by atoms with Crippen molar-refractivity contribution < 1.29 is 0 Å². The number of aromatic nitrogens is 1. The van der Waals surface area contributed by atoms with Crippen molar-refractivity contribution in [3.63, 3.8) is 0 Å². The van der Waals surface area contributed by atoms with Crippen LogP contribution in [0.1, 0.15) is 35.0 Å². The number of piperazine rings is 1. The SMILES string of the molecule is c1ccc(CCN2CCN(Cc3csc(C4CC4)n3)CC2)cc1. The predicted molar refractivity (Wildman–Crippen MR) is 96.0 cm³/mol. The second kappa shape index (κ2) is 7.12. The number of thiazole rings is 1. The zero-order chi connectivity index (χ0) is 15.5. The fourth-order valence-electron chi connectivity index (χ4n) is 3.25. The molecule has 122 valence electrons. The van der Waals surface area contributed by atoms with Gasteiger partial charge in [0.05, 0.1) is 10.7 Å². The van der Waals surface area contributed by atoms with E-state index >= 15 is 0 Å². The second-order valence-electron chi connectivity index (χ2n) is 6.80. The summed E-state index contributed by atoms with van der Waals surface area (Å²) < 4.78 is 0. The van der Waals surface area contributed by atoms with E-state index in [0.717, 1.165) is 18.9 Å². The molecule has 2 fully saturated rings. The highest BCUT2D eigenvalue weighted by Crippen LogP contribution is 2.41. The smallest absolute Gasteiger partial charge is 0.0959 e. The van der Waals surface area contributed by atoms with Crippen LogP contribution in [0, 0.1) is 0 Å². The molecule has 1 aromatic carbocycles. The average molecular weight is 327 g/mol. The van der Waals surface area contributed by atoms with Gasteiger partial charge in [-0.2, -0.15) is 0 Å². The first-order valence-corrected chi connectivity index (χ1v) is 9.68. The largest absolute Gasteiger partial charge is 0.300 e. The molecule has 0 amide bonds. The molecule has 0 radical (unpaired) electrons. The standard InChI is InChI=1S/C19H25N3S/c1-2-4-16(5-3-1)8-9-21-10-12-22(13-11-21)14-18-15-23-19(20-18)17-6-7-17/h1-5,15,17H,6-14H2. The van der Waals surface area contributed by atoms with Gasteiger partial charge in [-0.05, 0) is 24.8 Å². The molecule has 4 rings (SSSR count). The molecule has 1 aliphatic heterocycles. The highest BCUT2D eigenvalue weighted by molar-refractivity contribution is 7.09. The van der Waals surface area contributed by atoms with E-state index in [1.165, 1.54) is 61.8 Å². The van der Waals surface area contributed by atoms with Crippen LogP contribution in [-0.4, -0.2) is 47.5 Å². The van der Waals surface area contributed by atoms with E-state index in [9.17, 15) is 0 Å². The minimum absolute atomic E-state index is 0.795. The quantitative estimate of drug-likeness (QED) is 0.811. The minimum atomic E-state index is 0.795. The van der Waals surface area contributed by atoms with Crippen LogP contribution in [0.2, 0.25) is 0 Å². The van der Waals surface area contributed by atoms with Crippen LogP contribution in [0.5, 0.6) is 0 Å². The third-order valence-electron chi connectivity index (χ3n) is 4.91. The Labute approximate surface area is 143 Å². The first-order chi connectivity index (χ1) is 11.4. The molecule has 0 spiro atoms. The van der Waals surface area contributed by atoms with Crippen molar-refractivity contribution in [2.45, 2.75) is 31.7 Å². The molecule has 3 nitrogen and oxygen atoms in total. The molecule has 23 heavy (non-hydrogen) atoms. The molecule has 0 atom stereocenters. The number of hydrogen-bond donors (Lipinski definition) is 0. The third-order valence-corrected chi connectivity index (χ3v) is 5.96. The van der Waals surface area contributed by atoms with Gasteiger partial charge in [-0.3, -0.25) is 4.90 Å². The van der Waals surface area contributed by atoms with Gasteiger partial charge < -0.3 is 4.90 Å². The lowest BCUT2D eigenvalue weighted by atomic mass is 10.1. The number of hydrogen-bond acceptors (Lipinski definition) is 4. The van der Waals surface area contributed by atoms with E-state index < -0.39 is 0 Å². The first-order valence-electron chi connectivity index (χ1n) is 8.80. The Kier molecular flexibility index (Phi) is 4.74. The van der Waals surface area contributed by atoms with Gasteiger partial charge in [0.15, 0.2) is 0 Å². The van der Waals surface area contributed by atoms with Crippen LogP contribution >= 0.6 is 11.3 Å². The Morgan fingerprint density at radius 1 is 1.00 bits per heavy atom. The molecule has 2 aliphatic rings. The molecule has 1 saturated heterocycles. The summed E-state index contributed by atoms with van der Waals surface area (Å²) in [4.78, 5) is 9.98. The summed E-state index contributed by atoms with van der Waals surface area (Å²) in [6, 6.07) is 10.8. The van der Waals surface area contributed by atoms with Crippen LogP contribution < -0.4 is 0 Å². The lowest BCUT2D eigenvalue weighted by Gasteiger charge is -2.34. The van der Waals surface area contributed by atoms with E-state index in [4.69, 9.17) is 4.98 Å². The van der Waals surface area contributed by atoms with Gasteiger partial charge in [0.2, 0.25) is 0 Å². The third kappa shape index (κ3) is 4.19. The highest BCUT2D eigenvalue weighted by atomic mass is 32.1. The van der Waals surface area contributed by atoms with Crippen LogP contribution in [0.25, 0.3) is 0 Å². The van der Waals surface area contributed by atoms with Gasteiger partial charge in [-0.15, -0.1) is 11.3 Å². The van der Waals surface area contributed by atoms with Gasteiger partial charge >= 0.3 is 0 Å². The molecule has 2 aromatic rings. The van der Waals surface area contributed by atoms with Crippen molar-refractivity contribution >= 4 is 11.3 Å². The maximum absolute atomic E-state index is 4.82. The van der Waals surface area contributed by atoms with E-state index in [1.807, 2.05) is 11.3 Å². The molecule has 4 heteroatoms. The fraction of sp³-hybridized carbons (Fsp3) is 0.526. The van der Waals surface area contributed by atoms with Gasteiger partial charge in [-0.25, -0.2) is 4.98 Å². The van der Waals surface area contributed by atoms with Gasteiger partial charge in [0, 0.05) is 50.6 Å². The molecular formula is C19H25N3S. The van der Waals surface area contributed by atoms with Gasteiger partial charge in [0.25, 0.3) is 0 Å². The summed E-state index contributed by atoms with van der Waals surface area (Å²) in [6.45, 7) is 6.94. The molecular weight excluding hydrogens is 302 g/mol. The van der Waals surface area contributed by atoms with E-state index in [-0.39, 0.29) is 0 Å². The minimum Gasteiger partial charge on any atom is -0.300 e. The van der Waals surface area contributed by atoms with Crippen LogP contribution in [0.15, 0.2) is 35.7 Å². The topological polar surface area (TPSA) is 19.4 Å². The molecule has 1 saturated carbocycles. The summed E-state index contributed by atoms with van der Waals surface area (Å²) in [5.74, 6) is 0.795. The van der Waals surface area contributed by atoms with Crippen molar-refractivity contribution in [3.8, 4) is 0 Å². The van der Waals surface area contributed by atoms with Crippen molar-refractivity contribution in [1.82, 2.24) is 14.8 Å². The number of nitrogens with zero attached hydrogens (tertiary/aromatic N) is 3. The fourth-order valence-corrected chi connectivity index (χ4v) is 4.23. The highest BCUT2D eigenvalue weighted by Gasteiger charge is 2.27. The molecule has 1 aromatic heterocycles. The lowest BCUT2D eigenvalue weighted by molar-refractivity contribution is 0.127. The molecule has 0 bridgehead atoms. The maximum atomic E-state index is 4.82. The monoisotopic (exact) mass is 327 g/mol. The van der Waals surface area contributed by atoms with Gasteiger partial charge in [-0.1, -0.05) is 30.3 Å². The maximum Gasteiger partial charge on any atom is 0.0959 e. The van der Waals surface area contributed by atoms with E-state index in [0.29, 0.717) is 0 Å². The van der Waals surface area contributed by atoms with E-state index in [1.54, 1.807) is 0 Å². The molecule has 0 unspecified atom stereocenters. The summed E-state index contributed by atoms with van der Waals surface area (Å²) in [6.07, 6.45) is 3.87. The molecule has 1 aliphatic carbocycles. The zero-order valence-corrected chi connectivity index (χ0v) is 14.5. The Morgan fingerprint density at radius 2 is 1.74 bits per heavy atom. The molecule has 2 heterocycles. The summed E-state index contributed by atoms with van der Waals surface area (Å²) in [5, 5.41) is 3.65. The number of benzene rings is 1. The molecule has 0 N–H and O–H groups in total. The number of rotatable bonds is 6. The second-order valence-corrected chi connectivity index (χ2v) is 7.69. The summed E-state index contributed by atoms with van der Waals surface area (Å²) in [7, 11) is 0. The van der Waals surface area contributed by atoms with E-state index in [2.05, 4.69) is 45.5 Å². The Hall–Kier alpha value is -1.23. The summed E-state index contributed by atoms with van der Waals surface area (Å²) >= 11 is 1.87. The Bertz CT molecular complexity index is 613. The van der Waals surface area contributed by atoms with Crippen molar-refractivity contribution in [2.24, 2.45) is 0 Å². The van der Waals surface area contributed by atoms with Gasteiger partial charge in [0.1, 0.15) is 0 Å². The first kappa shape index (κ1) is 15.3.